The Labute approximate surface area is 112 Å². The minimum absolute atomic E-state index is 0.0257. The fourth-order valence-corrected chi connectivity index (χ4v) is 2.62. The molecule has 0 atom stereocenters. The lowest BCUT2D eigenvalue weighted by molar-refractivity contribution is -0.135. The van der Waals surface area contributed by atoms with Crippen LogP contribution in [0.25, 0.3) is 0 Å². The molecule has 0 saturated carbocycles. The maximum atomic E-state index is 11.9. The Morgan fingerprint density at radius 3 is 2.47 bits per heavy atom. The first kappa shape index (κ1) is 13.6. The van der Waals surface area contributed by atoms with Gasteiger partial charge < -0.3 is 14.6 Å². The molecule has 0 aliphatic carbocycles. The van der Waals surface area contributed by atoms with Gasteiger partial charge in [-0.3, -0.25) is 4.79 Å². The highest BCUT2D eigenvalue weighted by atomic mass is 16.4. The van der Waals surface area contributed by atoms with Gasteiger partial charge in [0.25, 0.3) is 0 Å². The number of amides is 1. The molecule has 0 bridgehead atoms. The van der Waals surface area contributed by atoms with Crippen molar-refractivity contribution in [1.82, 2.24) is 9.47 Å². The second-order valence-electron chi connectivity index (χ2n) is 5.32. The SMILES string of the molecule is CC(C)C(=O)N1CCC(n2cccc2C(=O)O)CC1. The summed E-state index contributed by atoms with van der Waals surface area (Å²) < 4.78 is 1.82. The summed E-state index contributed by atoms with van der Waals surface area (Å²) in [6.07, 6.45) is 3.44. The lowest BCUT2D eigenvalue weighted by Crippen LogP contribution is -2.41. The van der Waals surface area contributed by atoms with Crippen molar-refractivity contribution in [2.45, 2.75) is 32.7 Å². The molecule has 1 aromatic rings. The first-order chi connectivity index (χ1) is 9.00. The normalized spacial score (nSPS) is 16.9. The van der Waals surface area contributed by atoms with Gasteiger partial charge in [0.1, 0.15) is 5.69 Å². The molecule has 5 nitrogen and oxygen atoms in total. The third-order valence-corrected chi connectivity index (χ3v) is 3.66. The van der Waals surface area contributed by atoms with Crippen LogP contribution < -0.4 is 0 Å². The molecule has 1 aliphatic rings. The van der Waals surface area contributed by atoms with E-state index in [-0.39, 0.29) is 17.9 Å². The predicted molar refractivity (Wildman–Crippen MR) is 71.1 cm³/mol. The number of likely N-dealkylation sites (tertiary alicyclic amines) is 1. The number of aromatic carboxylic acids is 1. The second kappa shape index (κ2) is 5.47. The average molecular weight is 264 g/mol. The number of aromatic nitrogens is 1. The number of hydrogen-bond acceptors (Lipinski definition) is 2. The highest BCUT2D eigenvalue weighted by Crippen LogP contribution is 2.25. The van der Waals surface area contributed by atoms with E-state index in [1.54, 1.807) is 12.1 Å². The molecule has 1 aromatic heterocycles. The topological polar surface area (TPSA) is 62.5 Å². The zero-order chi connectivity index (χ0) is 14.0. The van der Waals surface area contributed by atoms with E-state index in [1.807, 2.05) is 29.5 Å². The number of carboxylic acid groups (broad SMARTS) is 1. The molecule has 1 N–H and O–H groups in total. The van der Waals surface area contributed by atoms with Crippen LogP contribution in [-0.2, 0) is 4.79 Å². The van der Waals surface area contributed by atoms with Crippen molar-refractivity contribution in [2.24, 2.45) is 5.92 Å². The van der Waals surface area contributed by atoms with Crippen LogP contribution >= 0.6 is 0 Å². The Balaban J connectivity index is 2.02. The summed E-state index contributed by atoms with van der Waals surface area (Å²) in [5, 5.41) is 9.11. The Kier molecular flexibility index (Phi) is 3.93. The average Bonchev–Trinajstić information content (AvgIpc) is 2.87. The summed E-state index contributed by atoms with van der Waals surface area (Å²) >= 11 is 0. The van der Waals surface area contributed by atoms with E-state index in [9.17, 15) is 9.59 Å². The lowest BCUT2D eigenvalue weighted by Gasteiger charge is -2.34. The first-order valence-electron chi connectivity index (χ1n) is 6.69. The van der Waals surface area contributed by atoms with E-state index in [2.05, 4.69) is 0 Å². The van der Waals surface area contributed by atoms with Crippen molar-refractivity contribution in [3.8, 4) is 0 Å². The summed E-state index contributed by atoms with van der Waals surface area (Å²) in [5.41, 5.74) is 0.327. The van der Waals surface area contributed by atoms with Crippen LogP contribution in [0.5, 0.6) is 0 Å². The molecule has 19 heavy (non-hydrogen) atoms. The van der Waals surface area contributed by atoms with Crippen molar-refractivity contribution in [1.29, 1.82) is 0 Å². The van der Waals surface area contributed by atoms with Crippen molar-refractivity contribution in [3.05, 3.63) is 24.0 Å². The summed E-state index contributed by atoms with van der Waals surface area (Å²) in [5.74, 6) is -0.687. The monoisotopic (exact) mass is 264 g/mol. The van der Waals surface area contributed by atoms with Gasteiger partial charge in [-0.25, -0.2) is 4.79 Å². The molecule has 2 rings (SSSR count). The van der Waals surface area contributed by atoms with E-state index in [0.717, 1.165) is 12.8 Å². The highest BCUT2D eigenvalue weighted by molar-refractivity contribution is 5.85. The van der Waals surface area contributed by atoms with Gasteiger partial charge >= 0.3 is 5.97 Å². The molecule has 104 valence electrons. The molecule has 2 heterocycles. The van der Waals surface area contributed by atoms with Crippen LogP contribution in [0.2, 0.25) is 0 Å². The van der Waals surface area contributed by atoms with Crippen LogP contribution in [0, 0.1) is 5.92 Å². The standard InChI is InChI=1S/C14H20N2O3/c1-10(2)13(17)15-8-5-11(6-9-15)16-7-3-4-12(16)14(18)19/h3-4,7,10-11H,5-6,8-9H2,1-2H3,(H,18,19). The zero-order valence-electron chi connectivity index (χ0n) is 11.4. The fourth-order valence-electron chi connectivity index (χ4n) is 2.62. The number of rotatable bonds is 3. The second-order valence-corrected chi connectivity index (χ2v) is 5.32. The number of carbonyl (C=O) groups excluding carboxylic acids is 1. The van der Waals surface area contributed by atoms with E-state index in [4.69, 9.17) is 5.11 Å². The van der Waals surface area contributed by atoms with Crippen LogP contribution in [0.4, 0.5) is 0 Å². The van der Waals surface area contributed by atoms with Gasteiger partial charge in [-0.1, -0.05) is 13.8 Å². The molecule has 5 heteroatoms. The van der Waals surface area contributed by atoms with Gasteiger partial charge in [0.05, 0.1) is 0 Å². The fraction of sp³-hybridized carbons (Fsp3) is 0.571. The molecule has 1 amide bonds. The molecular formula is C14H20N2O3. The molecule has 0 spiro atoms. The highest BCUT2D eigenvalue weighted by Gasteiger charge is 2.26. The van der Waals surface area contributed by atoms with E-state index in [0.29, 0.717) is 18.8 Å². The Hall–Kier alpha value is -1.78. The number of carbonyl (C=O) groups is 2. The van der Waals surface area contributed by atoms with Gasteiger partial charge in [0, 0.05) is 31.2 Å². The van der Waals surface area contributed by atoms with Crippen LogP contribution in [0.3, 0.4) is 0 Å². The summed E-state index contributed by atoms with van der Waals surface area (Å²) in [4.78, 5) is 24.9. The number of hydrogen-bond donors (Lipinski definition) is 1. The van der Waals surface area contributed by atoms with Crippen LogP contribution in [0.1, 0.15) is 43.2 Å². The van der Waals surface area contributed by atoms with Crippen molar-refractivity contribution in [3.63, 3.8) is 0 Å². The molecule has 1 saturated heterocycles. The number of nitrogens with zero attached hydrogens (tertiary/aromatic N) is 2. The molecule has 0 aromatic carbocycles. The number of piperidine rings is 1. The molecule has 0 radical (unpaired) electrons. The smallest absolute Gasteiger partial charge is 0.352 e. The molecule has 0 unspecified atom stereocenters. The minimum Gasteiger partial charge on any atom is -0.477 e. The summed E-state index contributed by atoms with van der Waals surface area (Å²) in [6, 6.07) is 3.56. The van der Waals surface area contributed by atoms with E-state index >= 15 is 0 Å². The Morgan fingerprint density at radius 1 is 1.32 bits per heavy atom. The molecule has 1 fully saturated rings. The first-order valence-corrected chi connectivity index (χ1v) is 6.69. The van der Waals surface area contributed by atoms with Crippen molar-refractivity contribution >= 4 is 11.9 Å². The van der Waals surface area contributed by atoms with Gasteiger partial charge in [-0.05, 0) is 25.0 Å². The lowest BCUT2D eigenvalue weighted by atomic mass is 10.0. The number of carboxylic acids is 1. The third-order valence-electron chi connectivity index (χ3n) is 3.66. The quantitative estimate of drug-likeness (QED) is 0.908. The van der Waals surface area contributed by atoms with E-state index < -0.39 is 5.97 Å². The van der Waals surface area contributed by atoms with Crippen molar-refractivity contribution < 1.29 is 14.7 Å². The van der Waals surface area contributed by atoms with Gasteiger partial charge in [0.2, 0.25) is 5.91 Å². The van der Waals surface area contributed by atoms with Crippen molar-refractivity contribution in [2.75, 3.05) is 13.1 Å². The van der Waals surface area contributed by atoms with Gasteiger partial charge in [0.15, 0.2) is 0 Å². The summed E-state index contributed by atoms with van der Waals surface area (Å²) in [7, 11) is 0. The largest absolute Gasteiger partial charge is 0.477 e. The van der Waals surface area contributed by atoms with Crippen LogP contribution in [0.15, 0.2) is 18.3 Å². The summed E-state index contributed by atoms with van der Waals surface area (Å²) in [6.45, 7) is 5.23. The predicted octanol–water partition coefficient (Wildman–Crippen LogP) is 2.01. The van der Waals surface area contributed by atoms with E-state index in [1.165, 1.54) is 0 Å². The van der Waals surface area contributed by atoms with Crippen LogP contribution in [-0.4, -0.2) is 39.5 Å². The van der Waals surface area contributed by atoms with Gasteiger partial charge in [-0.2, -0.15) is 0 Å². The zero-order valence-corrected chi connectivity index (χ0v) is 11.4. The Morgan fingerprint density at radius 2 is 1.95 bits per heavy atom. The van der Waals surface area contributed by atoms with Gasteiger partial charge in [-0.15, -0.1) is 0 Å². The molecular weight excluding hydrogens is 244 g/mol. The maximum Gasteiger partial charge on any atom is 0.352 e. The Bertz CT molecular complexity index is 471. The molecule has 1 aliphatic heterocycles. The maximum absolute atomic E-state index is 11.9. The third kappa shape index (κ3) is 2.80. The minimum atomic E-state index is -0.898.